The number of sulfone groups is 1. The Morgan fingerprint density at radius 2 is 1.42 bits per heavy atom. The van der Waals surface area contributed by atoms with Crippen LogP contribution in [0.1, 0.15) is 18.4 Å². The van der Waals surface area contributed by atoms with E-state index in [1.54, 1.807) is 18.2 Å². The van der Waals surface area contributed by atoms with Crippen molar-refractivity contribution >= 4 is 21.7 Å². The second kappa shape index (κ2) is 10.6. The molecule has 0 saturated carbocycles. The number of carboxylic acid groups (broad SMARTS) is 1. The van der Waals surface area contributed by atoms with Gasteiger partial charge in [0.05, 0.1) is 4.90 Å². The van der Waals surface area contributed by atoms with Crippen LogP contribution in [0.25, 0.3) is 11.1 Å². The summed E-state index contributed by atoms with van der Waals surface area (Å²) in [7, 11) is -2.19. The van der Waals surface area contributed by atoms with E-state index in [0.29, 0.717) is 13.1 Å². The molecule has 0 aromatic heterocycles. The van der Waals surface area contributed by atoms with Crippen molar-refractivity contribution in [3.05, 3.63) is 90.5 Å². The summed E-state index contributed by atoms with van der Waals surface area (Å²) in [6.07, 6.45) is 0.215. The molecule has 4 rings (SSSR count). The van der Waals surface area contributed by atoms with Gasteiger partial charge in [0.25, 0.3) is 0 Å². The highest BCUT2D eigenvalue weighted by molar-refractivity contribution is 7.93. The van der Waals surface area contributed by atoms with E-state index in [-0.39, 0.29) is 24.2 Å². The van der Waals surface area contributed by atoms with E-state index in [2.05, 4.69) is 5.32 Å². The highest BCUT2D eigenvalue weighted by atomic mass is 32.2. The number of benzene rings is 3. The summed E-state index contributed by atoms with van der Waals surface area (Å²) in [5.41, 5.74) is 2.77. The van der Waals surface area contributed by atoms with Crippen molar-refractivity contribution in [2.75, 3.05) is 20.1 Å². The Hall–Kier alpha value is -3.49. The van der Waals surface area contributed by atoms with Crippen molar-refractivity contribution in [1.82, 2.24) is 10.2 Å². The molecule has 1 fully saturated rings. The van der Waals surface area contributed by atoms with Crippen molar-refractivity contribution < 1.29 is 23.1 Å². The van der Waals surface area contributed by atoms with Gasteiger partial charge in [-0.3, -0.25) is 4.79 Å². The maximum Gasteiger partial charge on any atom is 0.326 e. The van der Waals surface area contributed by atoms with Gasteiger partial charge < -0.3 is 15.3 Å². The summed E-state index contributed by atoms with van der Waals surface area (Å²) in [5, 5.41) is 12.5. The van der Waals surface area contributed by atoms with Crippen molar-refractivity contribution in [2.45, 2.75) is 34.9 Å². The van der Waals surface area contributed by atoms with Gasteiger partial charge in [0.2, 0.25) is 5.91 Å². The molecule has 8 heteroatoms. The van der Waals surface area contributed by atoms with E-state index in [0.717, 1.165) is 16.7 Å². The van der Waals surface area contributed by atoms with Crippen LogP contribution in [-0.4, -0.2) is 61.2 Å². The Morgan fingerprint density at radius 3 is 1.97 bits per heavy atom. The molecule has 3 aromatic rings. The number of nitrogens with one attached hydrogen (secondary N) is 1. The molecule has 1 amide bonds. The minimum Gasteiger partial charge on any atom is -0.480 e. The first-order valence-corrected chi connectivity index (χ1v) is 13.4. The van der Waals surface area contributed by atoms with Crippen LogP contribution in [0.3, 0.4) is 0 Å². The third kappa shape index (κ3) is 5.20. The zero-order valence-electron chi connectivity index (χ0n) is 20.1. The number of hydrogen-bond donors (Lipinski definition) is 2. The third-order valence-corrected chi connectivity index (χ3v) is 9.40. The van der Waals surface area contributed by atoms with Crippen molar-refractivity contribution in [3.8, 4) is 11.1 Å². The average Bonchev–Trinajstić information content (AvgIpc) is 2.90. The van der Waals surface area contributed by atoms with Crippen LogP contribution in [-0.2, 0) is 25.8 Å². The number of aliphatic carboxylic acids is 1. The van der Waals surface area contributed by atoms with E-state index in [4.69, 9.17) is 0 Å². The van der Waals surface area contributed by atoms with Crippen molar-refractivity contribution in [3.63, 3.8) is 0 Å². The smallest absolute Gasteiger partial charge is 0.326 e. The summed E-state index contributed by atoms with van der Waals surface area (Å²) in [4.78, 5) is 27.8. The number of carbonyl (C=O) groups is 2. The van der Waals surface area contributed by atoms with Crippen LogP contribution in [0.5, 0.6) is 0 Å². The molecule has 2 N–H and O–H groups in total. The van der Waals surface area contributed by atoms with Crippen LogP contribution >= 0.6 is 0 Å². The molecule has 36 heavy (non-hydrogen) atoms. The number of rotatable bonds is 8. The zero-order valence-corrected chi connectivity index (χ0v) is 20.9. The summed E-state index contributed by atoms with van der Waals surface area (Å²) in [6, 6.07) is 23.9. The fourth-order valence-corrected chi connectivity index (χ4v) is 6.60. The molecule has 0 radical (unpaired) electrons. The maximum absolute atomic E-state index is 13.7. The summed E-state index contributed by atoms with van der Waals surface area (Å²) in [6.45, 7) is 0.830. The Balaban J connectivity index is 1.58. The minimum atomic E-state index is -4.06. The second-order valence-electron chi connectivity index (χ2n) is 9.25. The number of amides is 1. The van der Waals surface area contributed by atoms with E-state index >= 15 is 0 Å². The standard InChI is InChI=1S/C28H30N2O5S/c1-30-18-16-28(17-19-30,36(34,35)24-10-6-3-7-11-24)27(33)29-25(26(31)32)20-21-12-14-23(15-13-21)22-8-4-2-5-9-22/h2-15,25H,16-20H2,1H3,(H,29,33)(H,31,32)/t25-/m0/s1. The molecular weight excluding hydrogens is 476 g/mol. The third-order valence-electron chi connectivity index (χ3n) is 6.88. The highest BCUT2D eigenvalue weighted by Crippen LogP contribution is 2.36. The predicted octanol–water partition coefficient (Wildman–Crippen LogP) is 3.40. The Bertz CT molecular complexity index is 1300. The van der Waals surface area contributed by atoms with Crippen LogP contribution in [0.2, 0.25) is 0 Å². The SMILES string of the molecule is CN1CCC(C(=O)N[C@@H](Cc2ccc(-c3ccccc3)cc2)C(=O)O)(S(=O)(=O)c2ccccc2)CC1. The zero-order chi connectivity index (χ0) is 25.8. The summed E-state index contributed by atoms with van der Waals surface area (Å²) < 4.78 is 25.7. The van der Waals surface area contributed by atoms with E-state index in [9.17, 15) is 23.1 Å². The fourth-order valence-electron chi connectivity index (χ4n) is 4.61. The number of piperidine rings is 1. The average molecular weight is 507 g/mol. The van der Waals surface area contributed by atoms with E-state index < -0.39 is 32.5 Å². The molecule has 1 saturated heterocycles. The van der Waals surface area contributed by atoms with Crippen LogP contribution in [0.15, 0.2) is 89.8 Å². The van der Waals surface area contributed by atoms with E-state index in [1.807, 2.05) is 66.5 Å². The van der Waals surface area contributed by atoms with Crippen molar-refractivity contribution in [2.24, 2.45) is 0 Å². The van der Waals surface area contributed by atoms with Crippen LogP contribution in [0, 0.1) is 0 Å². The normalized spacial score (nSPS) is 16.7. The van der Waals surface area contributed by atoms with Gasteiger partial charge in [-0.05, 0) is 61.8 Å². The summed E-state index contributed by atoms with van der Waals surface area (Å²) >= 11 is 0. The Morgan fingerprint density at radius 1 is 0.889 bits per heavy atom. The number of likely N-dealkylation sites (tertiary alicyclic amines) is 1. The molecule has 3 aromatic carbocycles. The second-order valence-corrected chi connectivity index (χ2v) is 11.5. The van der Waals surface area contributed by atoms with Gasteiger partial charge in [-0.25, -0.2) is 13.2 Å². The first-order valence-electron chi connectivity index (χ1n) is 11.9. The van der Waals surface area contributed by atoms with Gasteiger partial charge in [0.15, 0.2) is 14.6 Å². The quantitative estimate of drug-likeness (QED) is 0.485. The van der Waals surface area contributed by atoms with Gasteiger partial charge in [-0.2, -0.15) is 0 Å². The maximum atomic E-state index is 13.7. The first kappa shape index (κ1) is 25.6. The molecule has 7 nitrogen and oxygen atoms in total. The molecular formula is C28H30N2O5S. The molecule has 1 heterocycles. The lowest BCUT2D eigenvalue weighted by atomic mass is 9.94. The largest absolute Gasteiger partial charge is 0.480 e. The van der Waals surface area contributed by atoms with Crippen LogP contribution in [0.4, 0.5) is 0 Å². The Kier molecular flexibility index (Phi) is 7.56. The monoisotopic (exact) mass is 506 g/mol. The first-order chi connectivity index (χ1) is 17.2. The Labute approximate surface area is 211 Å². The molecule has 0 spiro atoms. The molecule has 0 aliphatic carbocycles. The van der Waals surface area contributed by atoms with Crippen molar-refractivity contribution in [1.29, 1.82) is 0 Å². The lowest BCUT2D eigenvalue weighted by Crippen LogP contribution is -2.60. The van der Waals surface area contributed by atoms with Gasteiger partial charge in [-0.15, -0.1) is 0 Å². The number of nitrogens with zero attached hydrogens (tertiary/aromatic N) is 1. The fraction of sp³-hybridized carbons (Fsp3) is 0.286. The van der Waals surface area contributed by atoms with Gasteiger partial charge in [0, 0.05) is 6.42 Å². The summed E-state index contributed by atoms with van der Waals surface area (Å²) in [5.74, 6) is -1.97. The molecule has 0 bridgehead atoms. The predicted molar refractivity (Wildman–Crippen MR) is 138 cm³/mol. The van der Waals surface area contributed by atoms with Gasteiger partial charge >= 0.3 is 5.97 Å². The lowest BCUT2D eigenvalue weighted by Gasteiger charge is -2.39. The molecule has 1 atom stereocenters. The molecule has 0 unspecified atom stereocenters. The number of carbonyl (C=O) groups excluding carboxylic acids is 1. The minimum absolute atomic E-state index is 0.0392. The number of carboxylic acids is 1. The highest BCUT2D eigenvalue weighted by Gasteiger charge is 2.53. The lowest BCUT2D eigenvalue weighted by molar-refractivity contribution is -0.142. The van der Waals surface area contributed by atoms with E-state index in [1.165, 1.54) is 12.1 Å². The molecule has 1 aliphatic rings. The van der Waals surface area contributed by atoms with Gasteiger partial charge in [-0.1, -0.05) is 72.8 Å². The topological polar surface area (TPSA) is 104 Å². The molecule has 1 aliphatic heterocycles. The van der Waals surface area contributed by atoms with Crippen LogP contribution < -0.4 is 5.32 Å². The number of hydrogen-bond acceptors (Lipinski definition) is 5. The van der Waals surface area contributed by atoms with Gasteiger partial charge in [0.1, 0.15) is 6.04 Å². The molecule has 188 valence electrons.